The SMILES string of the molecule is O=C(NCCF)NC(Cc1ccccc1)c1cccc(Cl)c1F. The molecule has 1 atom stereocenters. The second-order valence-electron chi connectivity index (χ2n) is 4.97. The highest BCUT2D eigenvalue weighted by Crippen LogP contribution is 2.26. The van der Waals surface area contributed by atoms with E-state index >= 15 is 0 Å². The molecule has 0 fully saturated rings. The molecule has 2 rings (SSSR count). The predicted molar refractivity (Wildman–Crippen MR) is 86.8 cm³/mol. The Balaban J connectivity index is 2.23. The van der Waals surface area contributed by atoms with E-state index in [0.717, 1.165) is 5.56 Å². The van der Waals surface area contributed by atoms with Crippen LogP contribution in [0.1, 0.15) is 17.2 Å². The summed E-state index contributed by atoms with van der Waals surface area (Å²) in [5, 5.41) is 5.03. The topological polar surface area (TPSA) is 41.1 Å². The van der Waals surface area contributed by atoms with Crippen molar-refractivity contribution in [3.05, 3.63) is 70.5 Å². The Kier molecular flexibility index (Phi) is 6.35. The summed E-state index contributed by atoms with van der Waals surface area (Å²) >= 11 is 5.83. The van der Waals surface area contributed by atoms with E-state index in [4.69, 9.17) is 11.6 Å². The lowest BCUT2D eigenvalue weighted by Gasteiger charge is -2.20. The molecule has 0 aliphatic rings. The monoisotopic (exact) mass is 338 g/mol. The molecule has 0 saturated heterocycles. The van der Waals surface area contributed by atoms with Crippen LogP contribution in [0.25, 0.3) is 0 Å². The van der Waals surface area contributed by atoms with Gasteiger partial charge in [0.2, 0.25) is 0 Å². The number of carbonyl (C=O) groups excluding carboxylic acids is 1. The Bertz CT molecular complexity index is 652. The Hall–Kier alpha value is -2.14. The maximum Gasteiger partial charge on any atom is 0.315 e. The maximum atomic E-state index is 14.3. The summed E-state index contributed by atoms with van der Waals surface area (Å²) in [7, 11) is 0. The molecule has 23 heavy (non-hydrogen) atoms. The van der Waals surface area contributed by atoms with Gasteiger partial charge in [-0.15, -0.1) is 0 Å². The molecule has 0 radical (unpaired) electrons. The van der Waals surface area contributed by atoms with Crippen molar-refractivity contribution in [2.45, 2.75) is 12.5 Å². The van der Waals surface area contributed by atoms with Crippen LogP contribution in [0.2, 0.25) is 5.02 Å². The van der Waals surface area contributed by atoms with Crippen molar-refractivity contribution >= 4 is 17.6 Å². The van der Waals surface area contributed by atoms with Crippen LogP contribution in [-0.2, 0) is 6.42 Å². The normalized spacial score (nSPS) is 11.8. The lowest BCUT2D eigenvalue weighted by molar-refractivity contribution is 0.235. The van der Waals surface area contributed by atoms with Crippen molar-refractivity contribution in [3.8, 4) is 0 Å². The van der Waals surface area contributed by atoms with E-state index in [-0.39, 0.29) is 17.1 Å². The zero-order valence-corrected chi connectivity index (χ0v) is 13.1. The first-order valence-electron chi connectivity index (χ1n) is 7.20. The zero-order valence-electron chi connectivity index (χ0n) is 12.4. The largest absolute Gasteiger partial charge is 0.336 e. The Morgan fingerprint density at radius 2 is 1.87 bits per heavy atom. The minimum absolute atomic E-state index is 0.00784. The van der Waals surface area contributed by atoms with Gasteiger partial charge in [-0.2, -0.15) is 0 Å². The number of benzene rings is 2. The fourth-order valence-electron chi connectivity index (χ4n) is 2.25. The molecule has 0 aliphatic heterocycles. The fourth-order valence-corrected chi connectivity index (χ4v) is 2.43. The van der Waals surface area contributed by atoms with E-state index in [9.17, 15) is 13.6 Å². The summed E-state index contributed by atoms with van der Waals surface area (Å²) < 4.78 is 26.5. The summed E-state index contributed by atoms with van der Waals surface area (Å²) in [6.07, 6.45) is 0.390. The van der Waals surface area contributed by atoms with Crippen LogP contribution in [0, 0.1) is 5.82 Å². The smallest absolute Gasteiger partial charge is 0.315 e. The minimum Gasteiger partial charge on any atom is -0.336 e. The van der Waals surface area contributed by atoms with Crippen LogP contribution in [-0.4, -0.2) is 19.3 Å². The molecule has 3 nitrogen and oxygen atoms in total. The summed E-state index contributed by atoms with van der Waals surface area (Å²) in [5.41, 5.74) is 1.22. The number of amides is 2. The first kappa shape index (κ1) is 17.2. The second-order valence-corrected chi connectivity index (χ2v) is 5.38. The number of alkyl halides is 1. The lowest BCUT2D eigenvalue weighted by Crippen LogP contribution is -2.39. The van der Waals surface area contributed by atoms with Gasteiger partial charge in [-0.25, -0.2) is 13.6 Å². The van der Waals surface area contributed by atoms with Crippen LogP contribution in [0.4, 0.5) is 13.6 Å². The van der Waals surface area contributed by atoms with E-state index in [0.29, 0.717) is 6.42 Å². The molecule has 2 aromatic carbocycles. The van der Waals surface area contributed by atoms with Crippen LogP contribution >= 0.6 is 11.6 Å². The van der Waals surface area contributed by atoms with Crippen molar-refractivity contribution in [1.29, 1.82) is 0 Å². The molecule has 2 N–H and O–H groups in total. The van der Waals surface area contributed by atoms with E-state index < -0.39 is 24.6 Å². The van der Waals surface area contributed by atoms with E-state index in [2.05, 4.69) is 10.6 Å². The highest BCUT2D eigenvalue weighted by molar-refractivity contribution is 6.30. The summed E-state index contributed by atoms with van der Waals surface area (Å²) in [5.74, 6) is -0.569. The van der Waals surface area contributed by atoms with Gasteiger partial charge in [-0.05, 0) is 18.1 Å². The van der Waals surface area contributed by atoms with E-state index in [1.807, 2.05) is 30.3 Å². The first-order chi connectivity index (χ1) is 11.1. The molecular weight excluding hydrogens is 322 g/mol. The number of urea groups is 1. The Morgan fingerprint density at radius 3 is 2.57 bits per heavy atom. The summed E-state index contributed by atoms with van der Waals surface area (Å²) in [6.45, 7) is -0.760. The van der Waals surface area contributed by atoms with Gasteiger partial charge < -0.3 is 10.6 Å². The molecule has 0 heterocycles. The van der Waals surface area contributed by atoms with Crippen LogP contribution in [0.5, 0.6) is 0 Å². The highest BCUT2D eigenvalue weighted by Gasteiger charge is 2.20. The van der Waals surface area contributed by atoms with Gasteiger partial charge in [0.15, 0.2) is 0 Å². The average molecular weight is 339 g/mol. The third-order valence-electron chi connectivity index (χ3n) is 3.32. The number of rotatable bonds is 6. The van der Waals surface area contributed by atoms with Gasteiger partial charge in [0.25, 0.3) is 0 Å². The molecule has 1 unspecified atom stereocenters. The first-order valence-corrected chi connectivity index (χ1v) is 7.57. The molecule has 0 saturated carbocycles. The number of hydrogen-bond acceptors (Lipinski definition) is 1. The molecule has 2 aromatic rings. The van der Waals surface area contributed by atoms with Crippen molar-refractivity contribution in [2.75, 3.05) is 13.2 Å². The average Bonchev–Trinajstić information content (AvgIpc) is 2.56. The number of hydrogen-bond donors (Lipinski definition) is 2. The number of carbonyl (C=O) groups is 1. The zero-order chi connectivity index (χ0) is 16.7. The number of nitrogens with one attached hydrogen (secondary N) is 2. The van der Waals surface area contributed by atoms with Gasteiger partial charge in [0.05, 0.1) is 11.1 Å². The van der Waals surface area contributed by atoms with Crippen molar-refractivity contribution in [3.63, 3.8) is 0 Å². The molecule has 6 heteroatoms. The van der Waals surface area contributed by atoms with Gasteiger partial charge in [-0.3, -0.25) is 0 Å². The Morgan fingerprint density at radius 1 is 1.13 bits per heavy atom. The molecule has 0 aliphatic carbocycles. The van der Waals surface area contributed by atoms with E-state index in [1.54, 1.807) is 12.1 Å². The molecule has 0 bridgehead atoms. The van der Waals surface area contributed by atoms with Gasteiger partial charge in [0, 0.05) is 12.1 Å². The van der Waals surface area contributed by atoms with Gasteiger partial charge in [-0.1, -0.05) is 54.1 Å². The predicted octanol–water partition coefficient (Wildman–Crippen LogP) is 4.03. The van der Waals surface area contributed by atoms with Crippen LogP contribution < -0.4 is 10.6 Å². The quantitative estimate of drug-likeness (QED) is 0.820. The second kappa shape index (κ2) is 8.48. The van der Waals surface area contributed by atoms with Gasteiger partial charge >= 0.3 is 6.03 Å². The van der Waals surface area contributed by atoms with E-state index in [1.165, 1.54) is 6.07 Å². The number of halogens is 3. The highest BCUT2D eigenvalue weighted by atomic mass is 35.5. The maximum absolute atomic E-state index is 14.3. The van der Waals surface area contributed by atoms with Crippen molar-refractivity contribution in [2.24, 2.45) is 0 Å². The van der Waals surface area contributed by atoms with Crippen LogP contribution in [0.3, 0.4) is 0 Å². The summed E-state index contributed by atoms with van der Waals surface area (Å²) in [4.78, 5) is 11.8. The molecular formula is C17H17ClF2N2O. The minimum atomic E-state index is -0.664. The standard InChI is InChI=1S/C17H17ClF2N2O/c18-14-8-4-7-13(16(14)20)15(22-17(23)21-10-9-19)11-12-5-2-1-3-6-12/h1-8,15H,9-11H2,(H2,21,22,23). The van der Waals surface area contributed by atoms with Crippen molar-refractivity contribution < 1.29 is 13.6 Å². The molecule has 0 spiro atoms. The van der Waals surface area contributed by atoms with Crippen LogP contribution in [0.15, 0.2) is 48.5 Å². The Labute approximate surface area is 138 Å². The third-order valence-corrected chi connectivity index (χ3v) is 3.62. The fraction of sp³-hybridized carbons (Fsp3) is 0.235. The lowest BCUT2D eigenvalue weighted by atomic mass is 9.98. The molecule has 0 aromatic heterocycles. The van der Waals surface area contributed by atoms with Gasteiger partial charge in [0.1, 0.15) is 12.5 Å². The summed E-state index contributed by atoms with van der Waals surface area (Å²) in [6, 6.07) is 12.9. The molecule has 122 valence electrons. The third kappa shape index (κ3) is 4.93. The molecule has 2 amide bonds. The van der Waals surface area contributed by atoms with Crippen molar-refractivity contribution in [1.82, 2.24) is 10.6 Å².